The maximum Gasteiger partial charge on any atom is 0.248 e. The molecule has 20 heavy (non-hydrogen) atoms. The second-order valence-corrected chi connectivity index (χ2v) is 6.89. The number of nitrogens with two attached hydrogens (primary N) is 1. The van der Waals surface area contributed by atoms with E-state index in [-0.39, 0.29) is 16.8 Å². The fraction of sp³-hybridized carbons (Fsp3) is 0.750. The zero-order valence-corrected chi connectivity index (χ0v) is 12.8. The largest absolute Gasteiger partial charge is 0.381 e. The third-order valence-corrected chi connectivity index (χ3v) is 5.48. The third kappa shape index (κ3) is 2.97. The molecule has 1 fully saturated rings. The van der Waals surface area contributed by atoms with E-state index in [1.54, 1.807) is 11.8 Å². The number of hydrogen-bond donors (Lipinski definition) is 1. The SMILES string of the molecule is CCCn1cc(S(=O)(=O)N2CCC(OC)CC2)c(N)n1. The highest BCUT2D eigenvalue weighted by Gasteiger charge is 2.32. The van der Waals surface area contributed by atoms with Gasteiger partial charge in [0.2, 0.25) is 10.0 Å². The van der Waals surface area contributed by atoms with Gasteiger partial charge in [0.1, 0.15) is 4.90 Å². The highest BCUT2D eigenvalue weighted by atomic mass is 32.2. The molecular formula is C12H22N4O3S. The van der Waals surface area contributed by atoms with Crippen molar-refractivity contribution in [1.82, 2.24) is 14.1 Å². The van der Waals surface area contributed by atoms with Crippen LogP contribution in [0.15, 0.2) is 11.1 Å². The van der Waals surface area contributed by atoms with Gasteiger partial charge in [-0.1, -0.05) is 6.92 Å². The summed E-state index contributed by atoms with van der Waals surface area (Å²) in [5.41, 5.74) is 5.76. The van der Waals surface area contributed by atoms with E-state index in [1.165, 1.54) is 10.5 Å². The summed E-state index contributed by atoms with van der Waals surface area (Å²) in [6, 6.07) is 0. The van der Waals surface area contributed by atoms with Crippen LogP contribution in [0.1, 0.15) is 26.2 Å². The Morgan fingerprint density at radius 2 is 2.10 bits per heavy atom. The smallest absolute Gasteiger partial charge is 0.248 e. The van der Waals surface area contributed by atoms with Gasteiger partial charge in [0.25, 0.3) is 0 Å². The summed E-state index contributed by atoms with van der Waals surface area (Å²) in [5, 5.41) is 4.06. The second kappa shape index (κ2) is 6.11. The molecule has 2 N–H and O–H groups in total. The molecule has 1 saturated heterocycles. The van der Waals surface area contributed by atoms with E-state index in [2.05, 4.69) is 5.10 Å². The van der Waals surface area contributed by atoms with Crippen molar-refractivity contribution in [2.45, 2.75) is 43.7 Å². The lowest BCUT2D eigenvalue weighted by atomic mass is 10.1. The lowest BCUT2D eigenvalue weighted by molar-refractivity contribution is 0.0604. The van der Waals surface area contributed by atoms with Gasteiger partial charge in [-0.25, -0.2) is 8.42 Å². The van der Waals surface area contributed by atoms with Crippen LogP contribution < -0.4 is 5.73 Å². The number of aromatic nitrogens is 2. The molecule has 0 radical (unpaired) electrons. The van der Waals surface area contributed by atoms with Crippen molar-refractivity contribution in [2.75, 3.05) is 25.9 Å². The number of nitrogens with zero attached hydrogens (tertiary/aromatic N) is 3. The van der Waals surface area contributed by atoms with E-state index in [9.17, 15) is 8.42 Å². The van der Waals surface area contributed by atoms with E-state index < -0.39 is 10.0 Å². The molecule has 1 aromatic heterocycles. The van der Waals surface area contributed by atoms with Gasteiger partial charge in [0.05, 0.1) is 6.10 Å². The molecular weight excluding hydrogens is 280 g/mol. The fourth-order valence-electron chi connectivity index (χ4n) is 2.41. The van der Waals surface area contributed by atoms with Crippen LogP contribution in [-0.4, -0.2) is 48.8 Å². The summed E-state index contributed by atoms with van der Waals surface area (Å²) >= 11 is 0. The predicted octanol–water partition coefficient (Wildman–Crippen LogP) is 0.675. The molecule has 1 aliphatic heterocycles. The number of nitrogen functional groups attached to an aromatic ring is 1. The number of rotatable bonds is 5. The molecule has 0 aliphatic carbocycles. The van der Waals surface area contributed by atoms with Crippen molar-refractivity contribution in [2.24, 2.45) is 0 Å². The Kier molecular flexibility index (Phi) is 4.66. The Morgan fingerprint density at radius 1 is 1.45 bits per heavy atom. The van der Waals surface area contributed by atoms with Crippen LogP contribution in [0.5, 0.6) is 0 Å². The number of sulfonamides is 1. The molecule has 114 valence electrons. The van der Waals surface area contributed by atoms with Gasteiger partial charge in [-0.05, 0) is 19.3 Å². The molecule has 0 unspecified atom stereocenters. The maximum absolute atomic E-state index is 12.6. The third-order valence-electron chi connectivity index (χ3n) is 3.56. The first-order chi connectivity index (χ1) is 9.48. The van der Waals surface area contributed by atoms with E-state index in [0.29, 0.717) is 32.5 Å². The molecule has 0 bridgehead atoms. The lowest BCUT2D eigenvalue weighted by Crippen LogP contribution is -2.40. The van der Waals surface area contributed by atoms with Crippen LogP contribution >= 0.6 is 0 Å². The molecule has 2 heterocycles. The molecule has 0 atom stereocenters. The summed E-state index contributed by atoms with van der Waals surface area (Å²) < 4.78 is 33.5. The van der Waals surface area contributed by atoms with Crippen LogP contribution in [0.3, 0.4) is 0 Å². The number of piperidine rings is 1. The Balaban J connectivity index is 2.18. The van der Waals surface area contributed by atoms with E-state index >= 15 is 0 Å². The van der Waals surface area contributed by atoms with Crippen molar-refractivity contribution in [3.63, 3.8) is 0 Å². The Hall–Kier alpha value is -1.12. The minimum absolute atomic E-state index is 0.0762. The molecule has 2 rings (SSSR count). The average molecular weight is 302 g/mol. The van der Waals surface area contributed by atoms with Gasteiger partial charge in [-0.15, -0.1) is 0 Å². The number of methoxy groups -OCH3 is 1. The maximum atomic E-state index is 12.6. The van der Waals surface area contributed by atoms with Crippen molar-refractivity contribution >= 4 is 15.8 Å². The molecule has 0 spiro atoms. The summed E-state index contributed by atoms with van der Waals surface area (Å²) in [6.07, 6.45) is 3.95. The van der Waals surface area contributed by atoms with Gasteiger partial charge in [0.15, 0.2) is 5.82 Å². The summed E-state index contributed by atoms with van der Waals surface area (Å²) in [4.78, 5) is 0.113. The Bertz CT molecular complexity index is 547. The zero-order chi connectivity index (χ0) is 14.8. The van der Waals surface area contributed by atoms with Crippen molar-refractivity contribution < 1.29 is 13.2 Å². The first-order valence-corrected chi connectivity index (χ1v) is 8.29. The first kappa shape index (κ1) is 15.3. The van der Waals surface area contributed by atoms with Gasteiger partial charge in [0, 0.05) is 32.9 Å². The van der Waals surface area contributed by atoms with Crippen molar-refractivity contribution in [3.8, 4) is 0 Å². The predicted molar refractivity (Wildman–Crippen MR) is 75.7 cm³/mol. The Morgan fingerprint density at radius 3 is 2.65 bits per heavy atom. The number of aryl methyl sites for hydroxylation is 1. The monoisotopic (exact) mass is 302 g/mol. The minimum Gasteiger partial charge on any atom is -0.381 e. The average Bonchev–Trinajstić information content (AvgIpc) is 2.81. The van der Waals surface area contributed by atoms with Crippen LogP contribution in [0, 0.1) is 0 Å². The summed E-state index contributed by atoms with van der Waals surface area (Å²) in [7, 11) is -1.90. The molecule has 1 aliphatic rings. The van der Waals surface area contributed by atoms with Crippen LogP contribution in [0.4, 0.5) is 5.82 Å². The molecule has 8 heteroatoms. The molecule has 1 aromatic rings. The Labute approximate surface area is 119 Å². The van der Waals surface area contributed by atoms with Crippen LogP contribution in [-0.2, 0) is 21.3 Å². The van der Waals surface area contributed by atoms with Gasteiger partial charge in [-0.2, -0.15) is 9.40 Å². The first-order valence-electron chi connectivity index (χ1n) is 6.85. The van der Waals surface area contributed by atoms with Gasteiger partial charge < -0.3 is 10.5 Å². The van der Waals surface area contributed by atoms with Crippen LogP contribution in [0.25, 0.3) is 0 Å². The number of hydrogen-bond acceptors (Lipinski definition) is 5. The summed E-state index contributed by atoms with van der Waals surface area (Å²) in [6.45, 7) is 3.57. The zero-order valence-electron chi connectivity index (χ0n) is 11.9. The topological polar surface area (TPSA) is 90.5 Å². The van der Waals surface area contributed by atoms with Crippen molar-refractivity contribution in [1.29, 1.82) is 0 Å². The van der Waals surface area contributed by atoms with E-state index in [4.69, 9.17) is 10.5 Å². The number of ether oxygens (including phenoxy) is 1. The lowest BCUT2D eigenvalue weighted by Gasteiger charge is -2.30. The quantitative estimate of drug-likeness (QED) is 0.863. The summed E-state index contributed by atoms with van der Waals surface area (Å²) in [5.74, 6) is 0.0762. The highest BCUT2D eigenvalue weighted by Crippen LogP contribution is 2.25. The number of anilines is 1. The van der Waals surface area contributed by atoms with Gasteiger partial charge in [-0.3, -0.25) is 4.68 Å². The fourth-order valence-corrected chi connectivity index (χ4v) is 3.94. The normalized spacial score (nSPS) is 18.5. The van der Waals surface area contributed by atoms with E-state index in [0.717, 1.165) is 6.42 Å². The van der Waals surface area contributed by atoms with Crippen LogP contribution in [0.2, 0.25) is 0 Å². The van der Waals surface area contributed by atoms with Gasteiger partial charge >= 0.3 is 0 Å². The van der Waals surface area contributed by atoms with Crippen molar-refractivity contribution in [3.05, 3.63) is 6.20 Å². The highest BCUT2D eigenvalue weighted by molar-refractivity contribution is 7.89. The molecule has 0 amide bonds. The molecule has 0 aromatic carbocycles. The second-order valence-electron chi connectivity index (χ2n) is 4.98. The minimum atomic E-state index is -3.55. The standard InChI is InChI=1S/C12H22N4O3S/c1-3-6-15-9-11(12(13)14-15)20(17,18)16-7-4-10(19-2)5-8-16/h9-10H,3-8H2,1-2H3,(H2,13,14). The molecule has 7 nitrogen and oxygen atoms in total. The van der Waals surface area contributed by atoms with E-state index in [1.807, 2.05) is 6.92 Å². The molecule has 0 saturated carbocycles.